The van der Waals surface area contributed by atoms with Crippen LogP contribution in [0, 0.1) is 0 Å². The van der Waals surface area contributed by atoms with Crippen LogP contribution < -0.4 is 5.32 Å². The summed E-state index contributed by atoms with van der Waals surface area (Å²) in [6.45, 7) is 0. The van der Waals surface area contributed by atoms with Gasteiger partial charge in [0.25, 0.3) is 0 Å². The number of likely N-dealkylation sites (N-methyl/N-ethyl adjacent to an activating group) is 1. The Labute approximate surface area is 120 Å². The first-order valence-electron chi connectivity index (χ1n) is 6.38. The standard InChI is InChI=1S/C16H14F3NO/c1-20-15(21)10-12-9-13(16(17,18)19)7-8-14(12)11-5-3-2-4-6-11/h2-9H,10H2,1H3,(H,20,21). The minimum absolute atomic E-state index is 0.0926. The van der Waals surface area contributed by atoms with Crippen molar-refractivity contribution in [1.29, 1.82) is 0 Å². The third-order valence-corrected chi connectivity index (χ3v) is 3.15. The lowest BCUT2D eigenvalue weighted by molar-refractivity contribution is -0.137. The van der Waals surface area contributed by atoms with Crippen molar-refractivity contribution in [2.24, 2.45) is 0 Å². The molecule has 1 amide bonds. The Morgan fingerprint density at radius 3 is 2.33 bits per heavy atom. The molecule has 0 unspecified atom stereocenters. The summed E-state index contributed by atoms with van der Waals surface area (Å²) in [6.07, 6.45) is -4.52. The smallest absolute Gasteiger partial charge is 0.359 e. The van der Waals surface area contributed by atoms with Crippen LogP contribution >= 0.6 is 0 Å². The average molecular weight is 293 g/mol. The molecule has 0 aromatic heterocycles. The summed E-state index contributed by atoms with van der Waals surface area (Å²) in [7, 11) is 1.46. The quantitative estimate of drug-likeness (QED) is 0.919. The number of halogens is 3. The van der Waals surface area contributed by atoms with E-state index in [2.05, 4.69) is 5.32 Å². The predicted octanol–water partition coefficient (Wildman–Crippen LogP) is 3.66. The van der Waals surface area contributed by atoms with Gasteiger partial charge < -0.3 is 5.32 Å². The lowest BCUT2D eigenvalue weighted by atomic mass is 9.95. The fraction of sp³-hybridized carbons (Fsp3) is 0.188. The molecule has 2 aromatic carbocycles. The van der Waals surface area contributed by atoms with Crippen LogP contribution in [0.2, 0.25) is 0 Å². The van der Waals surface area contributed by atoms with E-state index in [4.69, 9.17) is 0 Å². The molecule has 0 spiro atoms. The predicted molar refractivity (Wildman–Crippen MR) is 74.7 cm³/mol. The third kappa shape index (κ3) is 3.62. The van der Waals surface area contributed by atoms with Gasteiger partial charge in [-0.1, -0.05) is 36.4 Å². The molecule has 0 radical (unpaired) electrons. The number of hydrogen-bond acceptors (Lipinski definition) is 1. The van der Waals surface area contributed by atoms with E-state index in [9.17, 15) is 18.0 Å². The van der Waals surface area contributed by atoms with Crippen molar-refractivity contribution in [1.82, 2.24) is 5.32 Å². The molecular weight excluding hydrogens is 279 g/mol. The van der Waals surface area contributed by atoms with E-state index < -0.39 is 11.7 Å². The van der Waals surface area contributed by atoms with Crippen LogP contribution in [0.1, 0.15) is 11.1 Å². The van der Waals surface area contributed by atoms with Crippen molar-refractivity contribution >= 4 is 5.91 Å². The fourth-order valence-corrected chi connectivity index (χ4v) is 2.08. The minimum atomic E-state index is -4.42. The van der Waals surface area contributed by atoms with Crippen molar-refractivity contribution in [3.05, 3.63) is 59.7 Å². The van der Waals surface area contributed by atoms with E-state index in [0.29, 0.717) is 11.1 Å². The number of amides is 1. The van der Waals surface area contributed by atoms with E-state index in [-0.39, 0.29) is 12.3 Å². The molecule has 0 atom stereocenters. The maximum absolute atomic E-state index is 12.8. The van der Waals surface area contributed by atoms with Crippen LogP contribution in [0.5, 0.6) is 0 Å². The van der Waals surface area contributed by atoms with Gasteiger partial charge in [-0.05, 0) is 28.8 Å². The molecule has 2 aromatic rings. The second-order valence-electron chi connectivity index (χ2n) is 4.59. The van der Waals surface area contributed by atoms with Crippen LogP contribution in [0.15, 0.2) is 48.5 Å². The highest BCUT2D eigenvalue weighted by Gasteiger charge is 2.31. The highest BCUT2D eigenvalue weighted by Crippen LogP contribution is 2.33. The summed E-state index contributed by atoms with van der Waals surface area (Å²) in [5, 5.41) is 2.43. The van der Waals surface area contributed by atoms with Gasteiger partial charge in [-0.25, -0.2) is 0 Å². The largest absolute Gasteiger partial charge is 0.416 e. The van der Waals surface area contributed by atoms with Crippen LogP contribution in [-0.4, -0.2) is 13.0 Å². The number of rotatable bonds is 3. The van der Waals surface area contributed by atoms with Crippen molar-refractivity contribution in [2.75, 3.05) is 7.05 Å². The van der Waals surface area contributed by atoms with Crippen molar-refractivity contribution < 1.29 is 18.0 Å². The van der Waals surface area contributed by atoms with Gasteiger partial charge in [0.15, 0.2) is 0 Å². The molecule has 0 aliphatic carbocycles. The molecule has 1 N–H and O–H groups in total. The molecule has 110 valence electrons. The molecule has 0 heterocycles. The molecular formula is C16H14F3NO. The van der Waals surface area contributed by atoms with Gasteiger partial charge in [-0.2, -0.15) is 13.2 Å². The van der Waals surface area contributed by atoms with Crippen molar-refractivity contribution in [3.8, 4) is 11.1 Å². The Bertz CT molecular complexity index is 636. The highest BCUT2D eigenvalue weighted by molar-refractivity contribution is 5.82. The van der Waals surface area contributed by atoms with E-state index >= 15 is 0 Å². The molecule has 0 saturated heterocycles. The van der Waals surface area contributed by atoms with Crippen LogP contribution in [-0.2, 0) is 17.4 Å². The monoisotopic (exact) mass is 293 g/mol. The highest BCUT2D eigenvalue weighted by atomic mass is 19.4. The summed E-state index contributed by atoms with van der Waals surface area (Å²) >= 11 is 0. The number of benzene rings is 2. The Hall–Kier alpha value is -2.30. The zero-order chi connectivity index (χ0) is 15.5. The van der Waals surface area contributed by atoms with E-state index in [1.807, 2.05) is 6.07 Å². The molecule has 5 heteroatoms. The number of nitrogens with one attached hydrogen (secondary N) is 1. The van der Waals surface area contributed by atoms with Gasteiger partial charge in [0.2, 0.25) is 5.91 Å². The van der Waals surface area contributed by atoms with Gasteiger partial charge >= 0.3 is 6.18 Å². The molecule has 0 aliphatic rings. The molecule has 2 rings (SSSR count). The van der Waals surface area contributed by atoms with Crippen molar-refractivity contribution in [3.63, 3.8) is 0 Å². The summed E-state index contributed by atoms with van der Waals surface area (Å²) < 4.78 is 38.5. The number of carbonyl (C=O) groups excluding carboxylic acids is 1. The Balaban J connectivity index is 2.51. The zero-order valence-electron chi connectivity index (χ0n) is 11.4. The molecule has 2 nitrogen and oxygen atoms in total. The summed E-state index contributed by atoms with van der Waals surface area (Å²) in [5.74, 6) is -0.327. The first-order chi connectivity index (χ1) is 9.91. The summed E-state index contributed by atoms with van der Waals surface area (Å²) in [5.41, 5.74) is 1.02. The number of carbonyl (C=O) groups is 1. The third-order valence-electron chi connectivity index (χ3n) is 3.15. The van der Waals surface area contributed by atoms with Crippen molar-refractivity contribution in [2.45, 2.75) is 12.6 Å². The number of hydrogen-bond donors (Lipinski definition) is 1. The first kappa shape index (κ1) is 15.1. The van der Waals surface area contributed by atoms with Crippen LogP contribution in [0.25, 0.3) is 11.1 Å². The van der Waals surface area contributed by atoms with E-state index in [1.54, 1.807) is 24.3 Å². The lowest BCUT2D eigenvalue weighted by Gasteiger charge is -2.13. The zero-order valence-corrected chi connectivity index (χ0v) is 11.4. The molecule has 0 fully saturated rings. The van der Waals surface area contributed by atoms with Gasteiger partial charge in [0.1, 0.15) is 0 Å². The molecule has 0 saturated carbocycles. The van der Waals surface area contributed by atoms with Gasteiger partial charge in [0.05, 0.1) is 12.0 Å². The maximum atomic E-state index is 12.8. The van der Waals surface area contributed by atoms with Crippen LogP contribution in [0.4, 0.5) is 13.2 Å². The van der Waals surface area contributed by atoms with Gasteiger partial charge in [-0.15, -0.1) is 0 Å². The van der Waals surface area contributed by atoms with E-state index in [1.165, 1.54) is 13.1 Å². The summed E-state index contributed by atoms with van der Waals surface area (Å²) in [4.78, 5) is 11.5. The van der Waals surface area contributed by atoms with E-state index in [0.717, 1.165) is 17.7 Å². The Morgan fingerprint density at radius 1 is 1.10 bits per heavy atom. The topological polar surface area (TPSA) is 29.1 Å². The average Bonchev–Trinajstić information content (AvgIpc) is 2.47. The van der Waals surface area contributed by atoms with Gasteiger partial charge in [0, 0.05) is 7.05 Å². The lowest BCUT2D eigenvalue weighted by Crippen LogP contribution is -2.20. The fourth-order valence-electron chi connectivity index (χ4n) is 2.08. The first-order valence-corrected chi connectivity index (χ1v) is 6.38. The van der Waals surface area contributed by atoms with Gasteiger partial charge in [-0.3, -0.25) is 4.79 Å². The normalized spacial score (nSPS) is 11.2. The second kappa shape index (κ2) is 5.99. The Morgan fingerprint density at radius 2 is 1.76 bits per heavy atom. The summed E-state index contributed by atoms with van der Waals surface area (Å²) in [6, 6.07) is 12.5. The van der Waals surface area contributed by atoms with Crippen LogP contribution in [0.3, 0.4) is 0 Å². The number of alkyl halides is 3. The molecule has 0 aliphatic heterocycles. The SMILES string of the molecule is CNC(=O)Cc1cc(C(F)(F)F)ccc1-c1ccccc1. The Kier molecular flexibility index (Phi) is 4.31. The second-order valence-corrected chi connectivity index (χ2v) is 4.59. The minimum Gasteiger partial charge on any atom is -0.359 e. The molecule has 0 bridgehead atoms. The maximum Gasteiger partial charge on any atom is 0.416 e. The molecule has 21 heavy (non-hydrogen) atoms.